The second-order valence-electron chi connectivity index (χ2n) is 6.06. The van der Waals surface area contributed by atoms with E-state index in [1.807, 2.05) is 0 Å². The lowest BCUT2D eigenvalue weighted by Crippen LogP contribution is -2.23. The fourth-order valence-corrected chi connectivity index (χ4v) is 2.02. The molecule has 1 aromatic carbocycles. The highest BCUT2D eigenvalue weighted by molar-refractivity contribution is 5.69. The van der Waals surface area contributed by atoms with Crippen LogP contribution in [-0.2, 0) is 6.54 Å². The van der Waals surface area contributed by atoms with Crippen molar-refractivity contribution in [2.45, 2.75) is 54.1 Å². The number of hydrogen-bond acceptors (Lipinski definition) is 1. The van der Waals surface area contributed by atoms with Crippen molar-refractivity contribution in [3.8, 4) is 0 Å². The van der Waals surface area contributed by atoms with E-state index in [4.69, 9.17) is 0 Å². The summed E-state index contributed by atoms with van der Waals surface area (Å²) in [4.78, 5) is 2.35. The van der Waals surface area contributed by atoms with Gasteiger partial charge in [-0.1, -0.05) is 45.0 Å². The van der Waals surface area contributed by atoms with Gasteiger partial charge in [0.15, 0.2) is 0 Å². The zero-order valence-corrected chi connectivity index (χ0v) is 12.7. The van der Waals surface area contributed by atoms with Crippen molar-refractivity contribution >= 4 is 5.70 Å². The van der Waals surface area contributed by atoms with Crippen LogP contribution < -0.4 is 0 Å². The highest BCUT2D eigenvalue weighted by Gasteiger charge is 2.23. The maximum absolute atomic E-state index is 4.17. The van der Waals surface area contributed by atoms with Crippen LogP contribution in [0.3, 0.4) is 0 Å². The molecule has 1 nitrogen and oxygen atoms in total. The highest BCUT2D eigenvalue weighted by atomic mass is 15.2. The number of fused-ring (bicyclic) bond motifs is 1. The number of benzene rings is 1. The number of aryl methyl sites for hydroxylation is 1. The molecule has 0 fully saturated rings. The first kappa shape index (κ1) is 14.8. The average molecular weight is 245 g/mol. The van der Waals surface area contributed by atoms with Crippen molar-refractivity contribution in [3.05, 3.63) is 41.5 Å². The van der Waals surface area contributed by atoms with E-state index in [1.165, 1.54) is 22.4 Å². The third kappa shape index (κ3) is 3.63. The molecule has 0 spiro atoms. The molecular weight excluding hydrogens is 218 g/mol. The lowest BCUT2D eigenvalue weighted by molar-refractivity contribution is 0.339. The second kappa shape index (κ2) is 6.08. The molecule has 0 aromatic heterocycles. The summed E-state index contributed by atoms with van der Waals surface area (Å²) in [5.74, 6) is 0.833. The number of hydrogen-bond donors (Lipinski definition) is 0. The zero-order chi connectivity index (χ0) is 13.9. The summed E-state index contributed by atoms with van der Waals surface area (Å²) in [6, 6.07) is 7.17. The molecule has 0 radical (unpaired) electrons. The van der Waals surface area contributed by atoms with Crippen LogP contribution in [0.1, 0.15) is 51.3 Å². The Bertz CT molecular complexity index is 413. The summed E-state index contributed by atoms with van der Waals surface area (Å²) in [6.45, 7) is 18.2. The topological polar surface area (TPSA) is 3.24 Å². The quantitative estimate of drug-likeness (QED) is 0.683. The highest BCUT2D eigenvalue weighted by Crippen LogP contribution is 2.33. The minimum absolute atomic E-state index is 0.537. The standard InChI is InChI=1S/C13H17N.C4H10/c1-9(2)14-8-12-6-5-10(3)7-13(12)11(14)4;1-4(2)3/h5-7,9H,4,8H2,1-3H3;4H,1-3H3. The van der Waals surface area contributed by atoms with Crippen molar-refractivity contribution < 1.29 is 0 Å². The van der Waals surface area contributed by atoms with Gasteiger partial charge in [0.25, 0.3) is 0 Å². The van der Waals surface area contributed by atoms with Gasteiger partial charge in [-0.2, -0.15) is 0 Å². The Balaban J connectivity index is 0.000000357. The first-order valence-electron chi connectivity index (χ1n) is 6.88. The summed E-state index contributed by atoms with van der Waals surface area (Å²) < 4.78 is 0. The first-order valence-corrected chi connectivity index (χ1v) is 6.88. The Hall–Kier alpha value is -1.24. The molecule has 1 aliphatic rings. The van der Waals surface area contributed by atoms with Crippen LogP contribution >= 0.6 is 0 Å². The van der Waals surface area contributed by atoms with Gasteiger partial charge in [-0.15, -0.1) is 0 Å². The van der Waals surface area contributed by atoms with Gasteiger partial charge >= 0.3 is 0 Å². The van der Waals surface area contributed by atoms with Gasteiger partial charge in [0.2, 0.25) is 0 Å². The predicted molar refractivity (Wildman–Crippen MR) is 81.4 cm³/mol. The molecule has 0 amide bonds. The average Bonchev–Trinajstić information content (AvgIpc) is 2.55. The van der Waals surface area contributed by atoms with Gasteiger partial charge in [0.1, 0.15) is 0 Å². The first-order chi connectivity index (χ1) is 8.32. The van der Waals surface area contributed by atoms with Gasteiger partial charge in [-0.3, -0.25) is 0 Å². The van der Waals surface area contributed by atoms with Gasteiger partial charge in [-0.25, -0.2) is 0 Å². The van der Waals surface area contributed by atoms with Crippen LogP contribution in [0.25, 0.3) is 5.70 Å². The van der Waals surface area contributed by atoms with E-state index in [-0.39, 0.29) is 0 Å². The largest absolute Gasteiger partial charge is 0.365 e. The molecule has 2 rings (SSSR count). The van der Waals surface area contributed by atoms with Crippen LogP contribution in [0, 0.1) is 12.8 Å². The molecule has 0 saturated carbocycles. The van der Waals surface area contributed by atoms with Crippen molar-refractivity contribution in [2.75, 3.05) is 0 Å². The SMILES string of the molecule is C=C1c2cc(C)ccc2CN1C(C)C.CC(C)C. The number of rotatable bonds is 1. The summed E-state index contributed by atoms with van der Waals surface area (Å²) in [5, 5.41) is 0. The van der Waals surface area contributed by atoms with Crippen molar-refractivity contribution in [1.82, 2.24) is 4.90 Å². The maximum Gasteiger partial charge on any atom is 0.0439 e. The lowest BCUT2D eigenvalue weighted by Gasteiger charge is -2.23. The number of nitrogens with zero attached hydrogens (tertiary/aromatic N) is 1. The molecule has 0 bridgehead atoms. The molecule has 100 valence electrons. The van der Waals surface area contributed by atoms with E-state index in [0.717, 1.165) is 12.5 Å². The summed E-state index contributed by atoms with van der Waals surface area (Å²) in [5.41, 5.74) is 5.24. The molecule has 1 aromatic rings. The Morgan fingerprint density at radius 3 is 2.17 bits per heavy atom. The summed E-state index contributed by atoms with van der Waals surface area (Å²) in [7, 11) is 0. The Morgan fingerprint density at radius 2 is 1.67 bits per heavy atom. The zero-order valence-electron chi connectivity index (χ0n) is 12.7. The molecular formula is C17H27N. The smallest absolute Gasteiger partial charge is 0.0439 e. The fourth-order valence-electron chi connectivity index (χ4n) is 2.02. The van der Waals surface area contributed by atoms with Crippen LogP contribution in [0.2, 0.25) is 0 Å². The third-order valence-corrected chi connectivity index (χ3v) is 2.89. The van der Waals surface area contributed by atoms with Crippen LogP contribution in [0.15, 0.2) is 24.8 Å². The summed E-state index contributed by atoms with van der Waals surface area (Å²) >= 11 is 0. The molecule has 1 heteroatoms. The van der Waals surface area contributed by atoms with E-state index in [9.17, 15) is 0 Å². The van der Waals surface area contributed by atoms with Gasteiger partial charge in [0.05, 0.1) is 0 Å². The molecule has 1 aliphatic heterocycles. The Labute approximate surface area is 113 Å². The van der Waals surface area contributed by atoms with Crippen LogP contribution in [0.5, 0.6) is 0 Å². The monoisotopic (exact) mass is 245 g/mol. The maximum atomic E-state index is 4.17. The van der Waals surface area contributed by atoms with E-state index in [1.54, 1.807) is 0 Å². The minimum Gasteiger partial charge on any atom is -0.365 e. The molecule has 0 saturated heterocycles. The van der Waals surface area contributed by atoms with Gasteiger partial charge in [-0.05, 0) is 38.3 Å². The predicted octanol–water partition coefficient (Wildman–Crippen LogP) is 4.85. The molecule has 18 heavy (non-hydrogen) atoms. The molecule has 1 heterocycles. The Kier molecular flexibility index (Phi) is 5.01. The van der Waals surface area contributed by atoms with Gasteiger partial charge < -0.3 is 4.90 Å². The van der Waals surface area contributed by atoms with Gasteiger partial charge in [0, 0.05) is 23.8 Å². The molecule has 0 aliphatic carbocycles. The molecule has 0 unspecified atom stereocenters. The Morgan fingerprint density at radius 1 is 1.11 bits per heavy atom. The van der Waals surface area contributed by atoms with Crippen LogP contribution in [-0.4, -0.2) is 10.9 Å². The van der Waals surface area contributed by atoms with E-state index < -0.39 is 0 Å². The molecule has 0 N–H and O–H groups in total. The molecule has 0 atom stereocenters. The van der Waals surface area contributed by atoms with Crippen LogP contribution in [0.4, 0.5) is 0 Å². The van der Waals surface area contributed by atoms with E-state index in [2.05, 4.69) is 71.2 Å². The summed E-state index contributed by atoms with van der Waals surface area (Å²) in [6.07, 6.45) is 0. The van der Waals surface area contributed by atoms with E-state index >= 15 is 0 Å². The fraction of sp³-hybridized carbons (Fsp3) is 0.529. The third-order valence-electron chi connectivity index (χ3n) is 2.89. The second-order valence-corrected chi connectivity index (χ2v) is 6.06. The normalized spacial score (nSPS) is 13.8. The lowest BCUT2D eigenvalue weighted by atomic mass is 10.1. The van der Waals surface area contributed by atoms with Crippen molar-refractivity contribution in [1.29, 1.82) is 0 Å². The van der Waals surface area contributed by atoms with E-state index in [0.29, 0.717) is 6.04 Å². The minimum atomic E-state index is 0.537. The van der Waals surface area contributed by atoms with Crippen molar-refractivity contribution in [2.24, 2.45) is 5.92 Å². The van der Waals surface area contributed by atoms with Crippen molar-refractivity contribution in [3.63, 3.8) is 0 Å².